The summed E-state index contributed by atoms with van der Waals surface area (Å²) in [4.78, 5) is 26.0. The van der Waals surface area contributed by atoms with Crippen LogP contribution in [0.5, 0.6) is 0 Å². The molecule has 1 aromatic carbocycles. The topological polar surface area (TPSA) is 49.4 Å². The number of rotatable bonds is 2. The normalized spacial score (nSPS) is 26.6. The number of carbonyl (C=O) groups excluding carboxylic acids is 2. The van der Waals surface area contributed by atoms with Gasteiger partial charge in [0.1, 0.15) is 5.82 Å². The molecular formula is C15H17FN2O2. The molecule has 106 valence electrons. The minimum atomic E-state index is -0.567. The second kappa shape index (κ2) is 4.98. The van der Waals surface area contributed by atoms with Crippen molar-refractivity contribution >= 4 is 11.8 Å². The Bertz CT molecular complexity index is 553. The number of amides is 2. The van der Waals surface area contributed by atoms with E-state index in [1.165, 1.54) is 17.0 Å². The van der Waals surface area contributed by atoms with Crippen LogP contribution in [0.4, 0.5) is 4.39 Å². The molecule has 3 rings (SSSR count). The molecule has 2 fully saturated rings. The molecule has 1 aromatic rings. The van der Waals surface area contributed by atoms with Crippen LogP contribution in [0.2, 0.25) is 0 Å². The lowest BCUT2D eigenvalue weighted by Gasteiger charge is -2.31. The van der Waals surface area contributed by atoms with Crippen LogP contribution in [0.15, 0.2) is 24.3 Å². The highest BCUT2D eigenvalue weighted by atomic mass is 19.1. The number of imide groups is 1. The molecule has 1 atom stereocenters. The zero-order chi connectivity index (χ0) is 14.2. The number of benzene rings is 1. The van der Waals surface area contributed by atoms with Gasteiger partial charge in [-0.3, -0.25) is 14.5 Å². The summed E-state index contributed by atoms with van der Waals surface area (Å²) >= 11 is 0. The van der Waals surface area contributed by atoms with Gasteiger partial charge in [-0.2, -0.15) is 0 Å². The lowest BCUT2D eigenvalue weighted by atomic mass is 9.79. The maximum Gasteiger partial charge on any atom is 0.237 e. The number of piperidine rings is 1. The molecule has 2 saturated heterocycles. The second-order valence-corrected chi connectivity index (χ2v) is 5.65. The molecule has 5 heteroatoms. The van der Waals surface area contributed by atoms with Crippen LogP contribution >= 0.6 is 0 Å². The van der Waals surface area contributed by atoms with Crippen LogP contribution in [0.3, 0.4) is 0 Å². The molecule has 2 heterocycles. The Morgan fingerprint density at radius 2 is 2.20 bits per heavy atom. The molecule has 1 N–H and O–H groups in total. The monoisotopic (exact) mass is 276 g/mol. The molecule has 0 bridgehead atoms. The molecule has 0 unspecified atom stereocenters. The van der Waals surface area contributed by atoms with E-state index >= 15 is 0 Å². The van der Waals surface area contributed by atoms with Crippen LogP contribution in [0, 0.1) is 11.2 Å². The van der Waals surface area contributed by atoms with E-state index in [9.17, 15) is 14.0 Å². The van der Waals surface area contributed by atoms with Crippen molar-refractivity contribution in [3.05, 3.63) is 35.6 Å². The number of carbonyl (C=O) groups is 2. The van der Waals surface area contributed by atoms with Gasteiger partial charge in [0.2, 0.25) is 11.8 Å². The number of hydrogen-bond donors (Lipinski definition) is 1. The maximum atomic E-state index is 13.2. The van der Waals surface area contributed by atoms with Crippen LogP contribution in [0.1, 0.15) is 24.8 Å². The summed E-state index contributed by atoms with van der Waals surface area (Å²) in [5, 5.41) is 3.20. The first-order valence-electron chi connectivity index (χ1n) is 6.91. The standard InChI is InChI=1S/C15H17FN2O2/c16-12-4-1-3-11(7-12)9-18-13(19)8-15(14(18)20)5-2-6-17-10-15/h1,3-4,7,17H,2,5-6,8-10H2/t15-/m1/s1. The number of halogens is 1. The average molecular weight is 276 g/mol. The highest BCUT2D eigenvalue weighted by Gasteiger charge is 2.51. The summed E-state index contributed by atoms with van der Waals surface area (Å²) in [5.74, 6) is -0.613. The largest absolute Gasteiger partial charge is 0.316 e. The van der Waals surface area contributed by atoms with E-state index in [1.54, 1.807) is 12.1 Å². The van der Waals surface area contributed by atoms with E-state index in [-0.39, 0.29) is 30.6 Å². The van der Waals surface area contributed by atoms with Gasteiger partial charge in [0.25, 0.3) is 0 Å². The third-order valence-corrected chi connectivity index (χ3v) is 4.19. The van der Waals surface area contributed by atoms with E-state index in [4.69, 9.17) is 0 Å². The minimum Gasteiger partial charge on any atom is -0.316 e. The summed E-state index contributed by atoms with van der Waals surface area (Å²) in [7, 11) is 0. The molecule has 2 aliphatic rings. The van der Waals surface area contributed by atoms with Gasteiger partial charge in [-0.25, -0.2) is 4.39 Å². The Balaban J connectivity index is 1.80. The van der Waals surface area contributed by atoms with E-state index in [2.05, 4.69) is 5.32 Å². The minimum absolute atomic E-state index is 0.112. The van der Waals surface area contributed by atoms with Crippen molar-refractivity contribution in [1.82, 2.24) is 10.2 Å². The zero-order valence-corrected chi connectivity index (χ0v) is 11.2. The molecule has 1 spiro atoms. The molecule has 0 aliphatic carbocycles. The molecule has 2 amide bonds. The van der Waals surface area contributed by atoms with E-state index in [0.717, 1.165) is 19.4 Å². The van der Waals surface area contributed by atoms with Crippen LogP contribution in [-0.2, 0) is 16.1 Å². The van der Waals surface area contributed by atoms with Gasteiger partial charge in [-0.15, -0.1) is 0 Å². The molecule has 0 radical (unpaired) electrons. The Kier molecular flexibility index (Phi) is 3.30. The highest BCUT2D eigenvalue weighted by Crippen LogP contribution is 2.39. The summed E-state index contributed by atoms with van der Waals surface area (Å²) < 4.78 is 13.2. The highest BCUT2D eigenvalue weighted by molar-refractivity contribution is 6.06. The molecular weight excluding hydrogens is 259 g/mol. The number of likely N-dealkylation sites (tertiary alicyclic amines) is 1. The van der Waals surface area contributed by atoms with E-state index in [0.29, 0.717) is 12.1 Å². The first kappa shape index (κ1) is 13.2. The number of nitrogens with zero attached hydrogens (tertiary/aromatic N) is 1. The van der Waals surface area contributed by atoms with Crippen molar-refractivity contribution < 1.29 is 14.0 Å². The van der Waals surface area contributed by atoms with Gasteiger partial charge in [0.05, 0.1) is 12.0 Å². The quantitative estimate of drug-likeness (QED) is 0.832. The van der Waals surface area contributed by atoms with Gasteiger partial charge in [0.15, 0.2) is 0 Å². The summed E-state index contributed by atoms with van der Waals surface area (Å²) in [5.41, 5.74) is 0.0790. The van der Waals surface area contributed by atoms with Crippen molar-refractivity contribution in [2.45, 2.75) is 25.8 Å². The molecule has 4 nitrogen and oxygen atoms in total. The smallest absolute Gasteiger partial charge is 0.237 e. The Hall–Kier alpha value is -1.75. The molecule has 0 saturated carbocycles. The lowest BCUT2D eigenvalue weighted by Crippen LogP contribution is -2.45. The van der Waals surface area contributed by atoms with Crippen molar-refractivity contribution in [1.29, 1.82) is 0 Å². The summed E-state index contributed by atoms with van der Waals surface area (Å²) in [6, 6.07) is 6.04. The Morgan fingerprint density at radius 1 is 1.35 bits per heavy atom. The van der Waals surface area contributed by atoms with Gasteiger partial charge >= 0.3 is 0 Å². The predicted molar refractivity (Wildman–Crippen MR) is 71.1 cm³/mol. The summed E-state index contributed by atoms with van der Waals surface area (Å²) in [6.07, 6.45) is 1.94. The van der Waals surface area contributed by atoms with Gasteiger partial charge < -0.3 is 5.32 Å². The lowest BCUT2D eigenvalue weighted by molar-refractivity contribution is -0.142. The first-order valence-corrected chi connectivity index (χ1v) is 6.91. The van der Waals surface area contributed by atoms with Gasteiger partial charge in [-0.05, 0) is 37.1 Å². The van der Waals surface area contributed by atoms with Crippen molar-refractivity contribution in [2.75, 3.05) is 13.1 Å². The Morgan fingerprint density at radius 3 is 2.90 bits per heavy atom. The fourth-order valence-corrected chi connectivity index (χ4v) is 3.14. The summed E-state index contributed by atoms with van der Waals surface area (Å²) in [6.45, 7) is 1.63. The SMILES string of the molecule is O=C1C[C@@]2(CCCNC2)C(=O)N1Cc1cccc(F)c1. The Labute approximate surface area is 117 Å². The second-order valence-electron chi connectivity index (χ2n) is 5.65. The number of hydrogen-bond acceptors (Lipinski definition) is 3. The van der Waals surface area contributed by atoms with Gasteiger partial charge in [-0.1, -0.05) is 12.1 Å². The molecule has 0 aromatic heterocycles. The van der Waals surface area contributed by atoms with Crippen LogP contribution in [0.25, 0.3) is 0 Å². The average Bonchev–Trinajstić information content (AvgIpc) is 2.64. The third kappa shape index (κ3) is 2.22. The maximum absolute atomic E-state index is 13.2. The zero-order valence-electron chi connectivity index (χ0n) is 11.2. The van der Waals surface area contributed by atoms with Crippen molar-refractivity contribution in [3.63, 3.8) is 0 Å². The van der Waals surface area contributed by atoms with Crippen LogP contribution < -0.4 is 5.32 Å². The first-order chi connectivity index (χ1) is 9.61. The fraction of sp³-hybridized carbons (Fsp3) is 0.467. The van der Waals surface area contributed by atoms with E-state index < -0.39 is 5.41 Å². The third-order valence-electron chi connectivity index (χ3n) is 4.19. The van der Waals surface area contributed by atoms with Gasteiger partial charge in [0, 0.05) is 13.0 Å². The fourth-order valence-electron chi connectivity index (χ4n) is 3.14. The van der Waals surface area contributed by atoms with Crippen molar-refractivity contribution in [3.8, 4) is 0 Å². The number of nitrogens with one attached hydrogen (secondary N) is 1. The van der Waals surface area contributed by atoms with E-state index in [1.807, 2.05) is 0 Å². The predicted octanol–water partition coefficient (Wildman–Crippen LogP) is 1.45. The molecule has 2 aliphatic heterocycles. The van der Waals surface area contributed by atoms with Crippen LogP contribution in [-0.4, -0.2) is 29.8 Å². The molecule has 20 heavy (non-hydrogen) atoms. The van der Waals surface area contributed by atoms with Crippen molar-refractivity contribution in [2.24, 2.45) is 5.41 Å².